The minimum Gasteiger partial charge on any atom is -0.478 e. The lowest BCUT2D eigenvalue weighted by atomic mass is 10.2. The van der Waals surface area contributed by atoms with Gasteiger partial charge in [0.25, 0.3) is 0 Å². The number of carbonyl (C=O) groups is 4. The van der Waals surface area contributed by atoms with E-state index in [1.807, 2.05) is 0 Å². The molecule has 0 bridgehead atoms. The van der Waals surface area contributed by atoms with Crippen molar-refractivity contribution < 1.29 is 39.2 Å². The van der Waals surface area contributed by atoms with Gasteiger partial charge in [-0.25, -0.2) is 29.1 Å². The Hall–Kier alpha value is -3.82. The van der Waals surface area contributed by atoms with Crippen molar-refractivity contribution in [2.75, 3.05) is 0 Å². The number of rotatable bonds is 5. The van der Waals surface area contributed by atoms with Crippen LogP contribution in [0.4, 0.5) is 0 Å². The van der Waals surface area contributed by atoms with E-state index in [1.165, 1.54) is 24.3 Å². The molecule has 154 valence electrons. The van der Waals surface area contributed by atoms with Gasteiger partial charge >= 0.3 is 23.9 Å². The number of esters is 1. The molecule has 0 saturated carbocycles. The summed E-state index contributed by atoms with van der Waals surface area (Å²) in [6, 6.07) is 5.57. The molecule has 29 heavy (non-hydrogen) atoms. The van der Waals surface area contributed by atoms with Crippen molar-refractivity contribution in [3.8, 4) is 0 Å². The summed E-state index contributed by atoms with van der Waals surface area (Å²) in [4.78, 5) is 51.1. The van der Waals surface area contributed by atoms with E-state index in [9.17, 15) is 19.2 Å². The Kier molecular flexibility index (Phi) is 7.95. The Morgan fingerprint density at radius 3 is 1.55 bits per heavy atom. The Bertz CT molecular complexity index is 953. The van der Waals surface area contributed by atoms with Gasteiger partial charge in [0.15, 0.2) is 11.4 Å². The first-order valence-electron chi connectivity index (χ1n) is 8.30. The van der Waals surface area contributed by atoms with Gasteiger partial charge in [0.05, 0.1) is 17.2 Å². The van der Waals surface area contributed by atoms with Crippen LogP contribution >= 0.6 is 0 Å². The summed E-state index contributed by atoms with van der Waals surface area (Å²) in [5.74, 6) is -4.52. The lowest BCUT2D eigenvalue weighted by Crippen LogP contribution is -2.17. The predicted octanol–water partition coefficient (Wildman–Crippen LogP) is 2.44. The van der Waals surface area contributed by atoms with Crippen molar-refractivity contribution in [2.24, 2.45) is 0 Å². The third kappa shape index (κ3) is 6.69. The van der Waals surface area contributed by atoms with Gasteiger partial charge in [-0.2, -0.15) is 0 Å². The molecule has 2 aromatic rings. The van der Waals surface area contributed by atoms with Crippen LogP contribution in [-0.2, 0) is 4.74 Å². The fourth-order valence-electron chi connectivity index (χ4n) is 2.05. The summed E-state index contributed by atoms with van der Waals surface area (Å²) >= 11 is 0. The molecular weight excluding hydrogens is 384 g/mol. The summed E-state index contributed by atoms with van der Waals surface area (Å²) in [7, 11) is 0. The molecule has 0 radical (unpaired) electrons. The molecule has 0 saturated heterocycles. The van der Waals surface area contributed by atoms with Gasteiger partial charge in [-0.15, -0.1) is 0 Å². The second kappa shape index (κ2) is 9.93. The van der Waals surface area contributed by atoms with Crippen LogP contribution < -0.4 is 0 Å². The third-order valence-electron chi connectivity index (χ3n) is 3.27. The summed E-state index contributed by atoms with van der Waals surface area (Å²) in [6.45, 7) is 6.65. The number of carboxylic acids is 3. The molecule has 0 atom stereocenters. The Morgan fingerprint density at radius 1 is 0.759 bits per heavy atom. The Morgan fingerprint density at radius 2 is 1.17 bits per heavy atom. The summed E-state index contributed by atoms with van der Waals surface area (Å²) in [5, 5.41) is 26.1. The van der Waals surface area contributed by atoms with Crippen LogP contribution in [0.5, 0.6) is 0 Å². The molecule has 0 aromatic carbocycles. The van der Waals surface area contributed by atoms with Gasteiger partial charge < -0.3 is 20.1 Å². The molecule has 0 aliphatic heterocycles. The first-order valence-corrected chi connectivity index (χ1v) is 8.30. The van der Waals surface area contributed by atoms with E-state index in [0.29, 0.717) is 11.4 Å². The van der Waals surface area contributed by atoms with Crippen molar-refractivity contribution in [3.63, 3.8) is 0 Å². The van der Waals surface area contributed by atoms with Crippen molar-refractivity contribution in [1.82, 2.24) is 9.97 Å². The molecule has 2 aromatic heterocycles. The van der Waals surface area contributed by atoms with E-state index in [2.05, 4.69) is 9.97 Å². The Balaban J connectivity index is 0.000000296. The van der Waals surface area contributed by atoms with Crippen LogP contribution in [0.2, 0.25) is 0 Å². The molecule has 0 fully saturated rings. The zero-order chi connectivity index (χ0) is 22.3. The van der Waals surface area contributed by atoms with Gasteiger partial charge in [-0.1, -0.05) is 0 Å². The standard InChI is InChI=1S/C11H13NO4.C8H7NO4/c1-6(2)16-11(15)9-8(10(13)14)5-4-7(3)12-9;1-4-2-3-5(7(10)11)6(9-4)8(12)13/h4-6H,1-3H3,(H,13,14);2-3H,1H3,(H,10,11)(H,12,13). The van der Waals surface area contributed by atoms with Gasteiger partial charge in [0, 0.05) is 11.4 Å². The highest BCUT2D eigenvalue weighted by Crippen LogP contribution is 2.10. The summed E-state index contributed by atoms with van der Waals surface area (Å²) in [6.07, 6.45) is -0.309. The average Bonchev–Trinajstić information content (AvgIpc) is 2.60. The quantitative estimate of drug-likeness (QED) is 0.630. The zero-order valence-corrected chi connectivity index (χ0v) is 16.2. The maximum atomic E-state index is 11.6. The second-order valence-corrected chi connectivity index (χ2v) is 6.07. The number of carbonyl (C=O) groups excluding carboxylic acids is 1. The van der Waals surface area contributed by atoms with Crippen LogP contribution in [0.15, 0.2) is 24.3 Å². The Labute approximate surface area is 165 Å². The highest BCUT2D eigenvalue weighted by atomic mass is 16.5. The number of hydrogen-bond acceptors (Lipinski definition) is 7. The first kappa shape index (κ1) is 23.2. The summed E-state index contributed by atoms with van der Waals surface area (Å²) in [5.41, 5.74) is 0.0335. The smallest absolute Gasteiger partial charge is 0.358 e. The first-order chi connectivity index (χ1) is 13.4. The van der Waals surface area contributed by atoms with Gasteiger partial charge in [0.1, 0.15) is 0 Å². The lowest BCUT2D eigenvalue weighted by molar-refractivity contribution is 0.0363. The molecule has 0 unspecified atom stereocenters. The zero-order valence-electron chi connectivity index (χ0n) is 16.2. The van der Waals surface area contributed by atoms with Gasteiger partial charge in [-0.05, 0) is 52.0 Å². The molecule has 0 amide bonds. The largest absolute Gasteiger partial charge is 0.478 e. The fourth-order valence-corrected chi connectivity index (χ4v) is 2.05. The SMILES string of the molecule is Cc1ccc(C(=O)O)c(C(=O)O)n1.Cc1ccc(C(=O)O)c(C(=O)OC(C)C)n1. The normalized spacial score (nSPS) is 9.97. The third-order valence-corrected chi connectivity index (χ3v) is 3.27. The van der Waals surface area contributed by atoms with E-state index in [4.69, 9.17) is 20.1 Å². The topological polar surface area (TPSA) is 164 Å². The van der Waals surface area contributed by atoms with E-state index in [0.717, 1.165) is 0 Å². The molecule has 0 aliphatic carbocycles. The van der Waals surface area contributed by atoms with Crippen molar-refractivity contribution in [3.05, 3.63) is 58.2 Å². The van der Waals surface area contributed by atoms with E-state index < -0.39 is 29.6 Å². The van der Waals surface area contributed by atoms with Crippen molar-refractivity contribution in [1.29, 1.82) is 0 Å². The van der Waals surface area contributed by atoms with Crippen LogP contribution in [0.25, 0.3) is 0 Å². The van der Waals surface area contributed by atoms with E-state index >= 15 is 0 Å². The molecule has 10 nitrogen and oxygen atoms in total. The molecular formula is C19H20N2O8. The number of hydrogen-bond donors (Lipinski definition) is 3. The molecule has 0 aliphatic rings. The van der Waals surface area contributed by atoms with Crippen LogP contribution in [0.1, 0.15) is 66.9 Å². The van der Waals surface area contributed by atoms with Crippen molar-refractivity contribution >= 4 is 23.9 Å². The fraction of sp³-hybridized carbons (Fsp3) is 0.263. The minimum atomic E-state index is -1.33. The average molecular weight is 404 g/mol. The second-order valence-electron chi connectivity index (χ2n) is 6.07. The number of carboxylic acid groups (broad SMARTS) is 3. The molecule has 2 heterocycles. The van der Waals surface area contributed by atoms with Crippen LogP contribution in [0, 0.1) is 13.8 Å². The maximum Gasteiger partial charge on any atom is 0.358 e. The molecule has 0 spiro atoms. The number of aromatic nitrogens is 2. The van der Waals surface area contributed by atoms with Crippen LogP contribution in [0.3, 0.4) is 0 Å². The predicted molar refractivity (Wildman–Crippen MR) is 99.4 cm³/mol. The monoisotopic (exact) mass is 404 g/mol. The molecule has 2 rings (SSSR count). The maximum absolute atomic E-state index is 11.6. The lowest BCUT2D eigenvalue weighted by Gasteiger charge is -2.09. The number of aromatic carboxylic acids is 3. The van der Waals surface area contributed by atoms with Gasteiger partial charge in [-0.3, -0.25) is 0 Å². The van der Waals surface area contributed by atoms with Crippen molar-refractivity contribution in [2.45, 2.75) is 33.8 Å². The molecule has 10 heteroatoms. The number of pyridine rings is 2. The van der Waals surface area contributed by atoms with E-state index in [-0.39, 0.29) is 22.9 Å². The van der Waals surface area contributed by atoms with Gasteiger partial charge in [0.2, 0.25) is 0 Å². The van der Waals surface area contributed by atoms with E-state index in [1.54, 1.807) is 27.7 Å². The molecule has 3 N–H and O–H groups in total. The number of nitrogens with zero attached hydrogens (tertiary/aromatic N) is 2. The minimum absolute atomic E-state index is 0.142. The van der Waals surface area contributed by atoms with Crippen LogP contribution in [-0.4, -0.2) is 55.3 Å². The highest BCUT2D eigenvalue weighted by Gasteiger charge is 2.20. The number of ether oxygens (including phenoxy) is 1. The summed E-state index contributed by atoms with van der Waals surface area (Å²) < 4.78 is 4.92. The number of aryl methyl sites for hydroxylation is 2. The highest BCUT2D eigenvalue weighted by molar-refractivity contribution is 6.01.